The smallest absolute Gasteiger partial charge is 0.222 e. The maximum absolute atomic E-state index is 6.02. The molecule has 3 N–H and O–H groups in total. The van der Waals surface area contributed by atoms with Crippen molar-refractivity contribution in [2.45, 2.75) is 12.5 Å². The molecule has 0 aliphatic carbocycles. The van der Waals surface area contributed by atoms with E-state index in [9.17, 15) is 0 Å². The van der Waals surface area contributed by atoms with Gasteiger partial charge >= 0.3 is 0 Å². The average molecular weight is 313 g/mol. The van der Waals surface area contributed by atoms with Crippen LogP contribution in [-0.4, -0.2) is 43.3 Å². The van der Waals surface area contributed by atoms with Crippen molar-refractivity contribution >= 4 is 33.8 Å². The fourth-order valence-electron chi connectivity index (χ4n) is 3.15. The zero-order chi connectivity index (χ0) is 16.0. The molecule has 0 amide bonds. The molecular formula is C16H19N5O2. The molecule has 0 bridgehead atoms. The Morgan fingerprint density at radius 3 is 3.00 bits per heavy atom. The van der Waals surface area contributed by atoms with Gasteiger partial charge in [-0.2, -0.15) is 4.98 Å². The number of likely N-dealkylation sites (N-methyl/N-ethyl adjacent to an activating group) is 1. The molecule has 3 aromatic rings. The summed E-state index contributed by atoms with van der Waals surface area (Å²) in [5.74, 6) is 1.78. The molecule has 0 saturated carbocycles. The van der Waals surface area contributed by atoms with Crippen LogP contribution in [0.25, 0.3) is 22.1 Å². The highest BCUT2D eigenvalue weighted by molar-refractivity contribution is 6.06. The van der Waals surface area contributed by atoms with E-state index in [1.165, 1.54) is 0 Å². The van der Waals surface area contributed by atoms with Crippen LogP contribution in [0.4, 0.5) is 11.8 Å². The van der Waals surface area contributed by atoms with Gasteiger partial charge in [0, 0.05) is 19.1 Å². The van der Waals surface area contributed by atoms with Crippen molar-refractivity contribution in [1.82, 2.24) is 15.3 Å². The highest BCUT2D eigenvalue weighted by Gasteiger charge is 2.26. The summed E-state index contributed by atoms with van der Waals surface area (Å²) in [6.07, 6.45) is 1.07. The van der Waals surface area contributed by atoms with Gasteiger partial charge in [0.15, 0.2) is 11.4 Å². The quantitative estimate of drug-likeness (QED) is 0.761. The summed E-state index contributed by atoms with van der Waals surface area (Å²) in [7, 11) is 3.62. The number of hydrogen-bond acceptors (Lipinski definition) is 7. The molecular weight excluding hydrogens is 294 g/mol. The van der Waals surface area contributed by atoms with Gasteiger partial charge in [0.1, 0.15) is 16.8 Å². The van der Waals surface area contributed by atoms with E-state index in [1.807, 2.05) is 25.2 Å². The van der Waals surface area contributed by atoms with Crippen LogP contribution in [0.1, 0.15) is 6.42 Å². The van der Waals surface area contributed by atoms with Gasteiger partial charge in [0.05, 0.1) is 12.5 Å². The lowest BCUT2D eigenvalue weighted by molar-refractivity contribution is 0.415. The van der Waals surface area contributed by atoms with E-state index in [2.05, 4.69) is 20.2 Å². The first-order valence-corrected chi connectivity index (χ1v) is 7.65. The average Bonchev–Trinajstić information content (AvgIpc) is 3.18. The third kappa shape index (κ3) is 2.24. The van der Waals surface area contributed by atoms with Crippen LogP contribution in [0.2, 0.25) is 0 Å². The molecule has 7 heteroatoms. The van der Waals surface area contributed by atoms with Gasteiger partial charge in [0.25, 0.3) is 0 Å². The summed E-state index contributed by atoms with van der Waals surface area (Å²) in [6.45, 7) is 1.79. The highest BCUT2D eigenvalue weighted by Crippen LogP contribution is 2.36. The van der Waals surface area contributed by atoms with Crippen LogP contribution in [0, 0.1) is 0 Å². The maximum Gasteiger partial charge on any atom is 0.222 e. The van der Waals surface area contributed by atoms with E-state index < -0.39 is 0 Å². The van der Waals surface area contributed by atoms with Crippen LogP contribution < -0.4 is 20.7 Å². The minimum Gasteiger partial charge on any atom is -0.497 e. The number of nitrogen functional groups attached to an aromatic ring is 1. The van der Waals surface area contributed by atoms with E-state index in [0.717, 1.165) is 47.6 Å². The van der Waals surface area contributed by atoms with Gasteiger partial charge in [-0.05, 0) is 31.7 Å². The fraction of sp³-hybridized carbons (Fsp3) is 0.375. The molecule has 23 heavy (non-hydrogen) atoms. The van der Waals surface area contributed by atoms with Crippen LogP contribution in [-0.2, 0) is 0 Å². The lowest BCUT2D eigenvalue weighted by Crippen LogP contribution is -2.30. The normalized spacial score (nSPS) is 18.2. The Morgan fingerprint density at radius 2 is 2.26 bits per heavy atom. The molecule has 1 atom stereocenters. The van der Waals surface area contributed by atoms with Crippen molar-refractivity contribution in [1.29, 1.82) is 0 Å². The number of aromatic nitrogens is 2. The van der Waals surface area contributed by atoms with Crippen molar-refractivity contribution in [2.24, 2.45) is 0 Å². The summed E-state index contributed by atoms with van der Waals surface area (Å²) >= 11 is 0. The highest BCUT2D eigenvalue weighted by atomic mass is 16.5. The van der Waals surface area contributed by atoms with E-state index >= 15 is 0 Å². The van der Waals surface area contributed by atoms with Crippen molar-refractivity contribution in [2.75, 3.05) is 37.9 Å². The Balaban J connectivity index is 1.91. The Kier molecular flexibility index (Phi) is 3.23. The summed E-state index contributed by atoms with van der Waals surface area (Å²) in [5, 5.41) is 4.19. The first-order chi connectivity index (χ1) is 11.2. The Bertz CT molecular complexity index is 876. The molecule has 3 heterocycles. The van der Waals surface area contributed by atoms with Gasteiger partial charge in [-0.25, -0.2) is 4.98 Å². The molecule has 2 aromatic heterocycles. The summed E-state index contributed by atoms with van der Waals surface area (Å²) in [6, 6.07) is 6.12. The number of fused-ring (bicyclic) bond motifs is 3. The Hall–Kier alpha value is -2.54. The predicted molar refractivity (Wildman–Crippen MR) is 90.0 cm³/mol. The van der Waals surface area contributed by atoms with Gasteiger partial charge in [0.2, 0.25) is 5.95 Å². The number of ether oxygens (including phenoxy) is 1. The zero-order valence-corrected chi connectivity index (χ0v) is 13.2. The first kappa shape index (κ1) is 14.1. The van der Waals surface area contributed by atoms with Gasteiger partial charge < -0.3 is 25.1 Å². The number of anilines is 2. The second kappa shape index (κ2) is 5.27. The van der Waals surface area contributed by atoms with Crippen molar-refractivity contribution in [3.05, 3.63) is 18.2 Å². The summed E-state index contributed by atoms with van der Waals surface area (Å²) in [5.41, 5.74) is 8.11. The summed E-state index contributed by atoms with van der Waals surface area (Å²) in [4.78, 5) is 11.0. The van der Waals surface area contributed by atoms with E-state index in [1.54, 1.807) is 7.11 Å². The largest absolute Gasteiger partial charge is 0.497 e. The maximum atomic E-state index is 6.02. The first-order valence-electron chi connectivity index (χ1n) is 7.65. The molecule has 1 aliphatic heterocycles. The molecule has 120 valence electrons. The van der Waals surface area contributed by atoms with Crippen molar-refractivity contribution in [3.63, 3.8) is 0 Å². The molecule has 1 aliphatic rings. The van der Waals surface area contributed by atoms with Crippen LogP contribution >= 0.6 is 0 Å². The molecule has 1 aromatic carbocycles. The van der Waals surface area contributed by atoms with Crippen LogP contribution in [0.15, 0.2) is 22.6 Å². The third-order valence-corrected chi connectivity index (χ3v) is 4.41. The number of rotatable bonds is 3. The number of nitrogens with one attached hydrogen (secondary N) is 1. The van der Waals surface area contributed by atoms with Crippen LogP contribution in [0.5, 0.6) is 5.75 Å². The van der Waals surface area contributed by atoms with Crippen molar-refractivity contribution < 1.29 is 9.15 Å². The Labute approximate surface area is 133 Å². The topological polar surface area (TPSA) is 89.4 Å². The number of nitrogens with zero attached hydrogens (tertiary/aromatic N) is 3. The molecule has 1 fully saturated rings. The Morgan fingerprint density at radius 1 is 1.39 bits per heavy atom. The van der Waals surface area contributed by atoms with Crippen LogP contribution in [0.3, 0.4) is 0 Å². The second-order valence-electron chi connectivity index (χ2n) is 5.77. The molecule has 0 spiro atoms. The van der Waals surface area contributed by atoms with E-state index in [-0.39, 0.29) is 5.95 Å². The number of hydrogen-bond donors (Lipinski definition) is 2. The van der Waals surface area contributed by atoms with Gasteiger partial charge in [-0.1, -0.05) is 0 Å². The zero-order valence-electron chi connectivity index (χ0n) is 13.2. The van der Waals surface area contributed by atoms with E-state index in [0.29, 0.717) is 11.6 Å². The fourth-order valence-corrected chi connectivity index (χ4v) is 3.15. The monoisotopic (exact) mass is 313 g/mol. The molecule has 4 rings (SSSR count). The molecule has 0 unspecified atom stereocenters. The minimum atomic E-state index is 0.255. The lowest BCUT2D eigenvalue weighted by Gasteiger charge is -2.17. The number of nitrogens with two attached hydrogens (primary N) is 1. The van der Waals surface area contributed by atoms with Crippen molar-refractivity contribution in [3.8, 4) is 5.75 Å². The second-order valence-corrected chi connectivity index (χ2v) is 5.77. The third-order valence-electron chi connectivity index (χ3n) is 4.41. The lowest BCUT2D eigenvalue weighted by atomic mass is 10.2. The minimum absolute atomic E-state index is 0.255. The standard InChI is InChI=1S/C16H19N5O2/c1-18-9-5-6-21(8-9)15-14-13(19-16(17)20-15)11-7-10(22-2)3-4-12(11)23-14/h3-4,7,9,18H,5-6,8H2,1-2H3,(H2,17,19,20)/t9-/m1/s1. The predicted octanol–water partition coefficient (Wildman–Crippen LogP) is 1.76. The summed E-state index contributed by atoms with van der Waals surface area (Å²) < 4.78 is 11.3. The van der Waals surface area contributed by atoms with Gasteiger partial charge in [-0.15, -0.1) is 0 Å². The number of methoxy groups -OCH3 is 1. The SMILES string of the molecule is CN[C@@H]1CCN(c2nc(N)nc3c2oc2ccc(OC)cc23)C1. The number of furan rings is 1. The number of benzene rings is 1. The molecule has 0 radical (unpaired) electrons. The molecule has 1 saturated heterocycles. The molecule has 7 nitrogen and oxygen atoms in total. The van der Waals surface area contributed by atoms with E-state index in [4.69, 9.17) is 14.9 Å². The van der Waals surface area contributed by atoms with Gasteiger partial charge in [-0.3, -0.25) is 0 Å².